The average molecular weight is 514 g/mol. The van der Waals surface area contributed by atoms with Crippen LogP contribution in [0.1, 0.15) is 24.8 Å². The summed E-state index contributed by atoms with van der Waals surface area (Å²) in [7, 11) is -3.13. The fourth-order valence-corrected chi connectivity index (χ4v) is 5.68. The van der Waals surface area contributed by atoms with Gasteiger partial charge < -0.3 is 20.1 Å². The predicted molar refractivity (Wildman–Crippen MR) is 123 cm³/mol. The Kier molecular flexibility index (Phi) is 7.13. The number of hydrogen-bond donors (Lipinski definition) is 2. The second kappa shape index (κ2) is 9.94. The summed E-state index contributed by atoms with van der Waals surface area (Å²) in [5.41, 5.74) is -0.176. The number of nitrogens with zero attached hydrogens (tertiary/aromatic N) is 1. The molecular weight excluding hydrogens is 487 g/mol. The molecule has 2 aromatic rings. The number of esters is 1. The molecule has 1 saturated heterocycles. The summed E-state index contributed by atoms with van der Waals surface area (Å²) < 4.78 is 78.7. The number of nitrogens with one attached hydrogen (secondary N) is 2. The number of carbonyl (C=O) groups is 1. The summed E-state index contributed by atoms with van der Waals surface area (Å²) in [5, 5.41) is 6.58. The van der Waals surface area contributed by atoms with E-state index >= 15 is 0 Å². The number of anilines is 2. The number of alkyl halides is 3. The van der Waals surface area contributed by atoms with Crippen LogP contribution in [0.25, 0.3) is 0 Å². The molecule has 0 aliphatic carbocycles. The zero-order valence-corrected chi connectivity index (χ0v) is 19.8. The first-order valence-corrected chi connectivity index (χ1v) is 12.6. The van der Waals surface area contributed by atoms with E-state index in [9.17, 15) is 26.4 Å². The normalized spacial score (nSPS) is 20.2. The van der Waals surface area contributed by atoms with E-state index in [4.69, 9.17) is 4.74 Å². The highest BCUT2D eigenvalue weighted by Gasteiger charge is 2.37. The molecule has 2 atom stereocenters. The van der Waals surface area contributed by atoms with Crippen molar-refractivity contribution < 1.29 is 35.9 Å². The van der Waals surface area contributed by atoms with Crippen molar-refractivity contribution >= 4 is 27.4 Å². The maximum Gasteiger partial charge on any atom is 0.416 e. The van der Waals surface area contributed by atoms with Crippen LogP contribution in [0.3, 0.4) is 0 Å². The Labute approximate surface area is 201 Å². The molecule has 0 radical (unpaired) electrons. The van der Waals surface area contributed by atoms with Crippen LogP contribution >= 0.6 is 0 Å². The summed E-state index contributed by atoms with van der Waals surface area (Å²) >= 11 is 0. The first-order valence-electron chi connectivity index (χ1n) is 11.1. The van der Waals surface area contributed by atoms with Crippen molar-refractivity contribution in [3.05, 3.63) is 48.0 Å². The fourth-order valence-electron chi connectivity index (χ4n) is 4.13. The van der Waals surface area contributed by atoms with Gasteiger partial charge >= 0.3 is 12.1 Å². The van der Waals surface area contributed by atoms with Crippen molar-refractivity contribution in [2.45, 2.75) is 42.5 Å². The van der Waals surface area contributed by atoms with E-state index in [-0.39, 0.29) is 36.9 Å². The van der Waals surface area contributed by atoms with Crippen LogP contribution in [0.4, 0.5) is 24.5 Å². The topological polar surface area (TPSA) is 97.0 Å². The van der Waals surface area contributed by atoms with Crippen molar-refractivity contribution in [2.75, 3.05) is 36.4 Å². The van der Waals surface area contributed by atoms with E-state index in [0.29, 0.717) is 11.8 Å². The number of ether oxygens (including phenoxy) is 2. The van der Waals surface area contributed by atoms with E-state index in [1.54, 1.807) is 18.2 Å². The summed E-state index contributed by atoms with van der Waals surface area (Å²) in [4.78, 5) is 11.1. The minimum Gasteiger partial charge on any atom is -0.486 e. The number of carbonyl (C=O) groups excluding carboxylic acids is 1. The number of sulfonamides is 1. The minimum absolute atomic E-state index is 0.00225. The van der Waals surface area contributed by atoms with E-state index in [1.807, 2.05) is 0 Å². The van der Waals surface area contributed by atoms with E-state index in [2.05, 4.69) is 15.4 Å². The van der Waals surface area contributed by atoms with Crippen LogP contribution in [-0.2, 0) is 25.7 Å². The van der Waals surface area contributed by atoms with Gasteiger partial charge in [-0.3, -0.25) is 9.10 Å². The highest BCUT2D eigenvalue weighted by molar-refractivity contribution is 7.92. The van der Waals surface area contributed by atoms with Gasteiger partial charge in [0.15, 0.2) is 0 Å². The fraction of sp³-hybridized carbons (Fsp3) is 0.435. The lowest BCUT2D eigenvalue weighted by Crippen LogP contribution is -2.43. The first kappa shape index (κ1) is 25.1. The Bertz CT molecular complexity index is 1180. The quantitative estimate of drug-likeness (QED) is 0.548. The van der Waals surface area contributed by atoms with Gasteiger partial charge in [0.1, 0.15) is 11.9 Å². The van der Waals surface area contributed by atoms with Crippen molar-refractivity contribution in [2.24, 2.45) is 0 Å². The number of hydrogen-bond acceptors (Lipinski definition) is 7. The van der Waals surface area contributed by atoms with Gasteiger partial charge in [-0.05, 0) is 55.8 Å². The molecule has 0 saturated carbocycles. The molecule has 2 aromatic carbocycles. The highest BCUT2D eigenvalue weighted by Crippen LogP contribution is 2.40. The zero-order valence-electron chi connectivity index (χ0n) is 19.0. The molecule has 2 aliphatic heterocycles. The number of fused-ring (bicyclic) bond motifs is 1. The molecule has 0 aromatic heterocycles. The molecule has 2 N–H and O–H groups in total. The maximum absolute atomic E-state index is 13.6. The molecule has 0 spiro atoms. The standard InChI is InChI=1S/C23H26F3N3O5S/c1-33-22(30)8-6-18-14-29(35(31,32)19-4-2-3-15(11-19)23(24,25)26)20-12-16(5-7-21(20)34-18)28-17-9-10-27-13-17/h2-5,7,11-12,17-18,27-28H,6,8-10,13-14H2,1H3/t17?,18-/m0/s1. The molecule has 1 unspecified atom stereocenters. The van der Waals surface area contributed by atoms with Crippen molar-refractivity contribution in [1.82, 2.24) is 5.32 Å². The lowest BCUT2D eigenvalue weighted by molar-refractivity contribution is -0.141. The molecule has 8 nitrogen and oxygen atoms in total. The minimum atomic E-state index is -4.69. The van der Waals surface area contributed by atoms with Crippen LogP contribution < -0.4 is 19.7 Å². The zero-order chi connectivity index (χ0) is 25.2. The van der Waals surface area contributed by atoms with E-state index in [0.717, 1.165) is 42.0 Å². The van der Waals surface area contributed by atoms with Gasteiger partial charge in [0, 0.05) is 24.7 Å². The molecule has 12 heteroatoms. The highest BCUT2D eigenvalue weighted by atomic mass is 32.2. The van der Waals surface area contributed by atoms with Gasteiger partial charge in [0.2, 0.25) is 0 Å². The Balaban J connectivity index is 1.70. The molecule has 190 valence electrons. The lowest BCUT2D eigenvalue weighted by Gasteiger charge is -2.36. The van der Waals surface area contributed by atoms with Crippen LogP contribution in [0.2, 0.25) is 0 Å². The molecule has 0 bridgehead atoms. The van der Waals surface area contributed by atoms with Gasteiger partial charge in [0.05, 0.1) is 29.8 Å². The number of methoxy groups -OCH3 is 1. The Morgan fingerprint density at radius 1 is 1.26 bits per heavy atom. The first-order chi connectivity index (χ1) is 16.6. The van der Waals surface area contributed by atoms with Crippen LogP contribution in [0.5, 0.6) is 5.75 Å². The average Bonchev–Trinajstić information content (AvgIpc) is 3.34. The third kappa shape index (κ3) is 5.64. The molecule has 4 rings (SSSR count). The predicted octanol–water partition coefficient (Wildman–Crippen LogP) is 3.39. The van der Waals surface area contributed by atoms with Crippen LogP contribution in [-0.4, -0.2) is 53.3 Å². The Hall–Kier alpha value is -2.99. The number of rotatable bonds is 7. The summed E-state index contributed by atoms with van der Waals surface area (Å²) in [6, 6.07) is 8.82. The third-order valence-electron chi connectivity index (χ3n) is 5.97. The SMILES string of the molecule is COC(=O)CC[C@H]1CN(S(=O)(=O)c2cccc(C(F)(F)F)c2)c2cc(NC3CCNC3)ccc2O1. The largest absolute Gasteiger partial charge is 0.486 e. The van der Waals surface area contributed by atoms with Crippen LogP contribution in [0.15, 0.2) is 47.4 Å². The maximum atomic E-state index is 13.6. The molecule has 2 heterocycles. The van der Waals surface area contributed by atoms with Crippen molar-refractivity contribution in [1.29, 1.82) is 0 Å². The summed E-state index contributed by atoms with van der Waals surface area (Å²) in [6.45, 7) is 1.45. The second-order valence-electron chi connectivity index (χ2n) is 8.43. The van der Waals surface area contributed by atoms with Gasteiger partial charge in [-0.25, -0.2) is 8.42 Å². The Morgan fingerprint density at radius 2 is 2.06 bits per heavy atom. The van der Waals surface area contributed by atoms with Crippen molar-refractivity contribution in [3.8, 4) is 5.75 Å². The van der Waals surface area contributed by atoms with Gasteiger partial charge in [-0.2, -0.15) is 13.2 Å². The Morgan fingerprint density at radius 3 is 2.74 bits per heavy atom. The smallest absolute Gasteiger partial charge is 0.416 e. The van der Waals surface area contributed by atoms with Gasteiger partial charge in [-0.1, -0.05) is 6.07 Å². The molecule has 0 amide bonds. The number of halogens is 3. The van der Waals surface area contributed by atoms with E-state index < -0.39 is 38.7 Å². The van der Waals surface area contributed by atoms with Gasteiger partial charge in [0.25, 0.3) is 10.0 Å². The number of benzene rings is 2. The summed E-state index contributed by atoms with van der Waals surface area (Å²) in [5.74, 6) is -0.215. The third-order valence-corrected chi connectivity index (χ3v) is 7.74. The molecule has 1 fully saturated rings. The molecular formula is C23H26F3N3O5S. The van der Waals surface area contributed by atoms with Gasteiger partial charge in [-0.15, -0.1) is 0 Å². The molecule has 35 heavy (non-hydrogen) atoms. The lowest BCUT2D eigenvalue weighted by atomic mass is 10.1. The van der Waals surface area contributed by atoms with Crippen LogP contribution in [0, 0.1) is 0 Å². The summed E-state index contributed by atoms with van der Waals surface area (Å²) in [6.07, 6.45) is -4.31. The monoisotopic (exact) mass is 513 g/mol. The molecule has 2 aliphatic rings. The van der Waals surface area contributed by atoms with Crippen molar-refractivity contribution in [3.63, 3.8) is 0 Å². The second-order valence-corrected chi connectivity index (χ2v) is 10.3. The van der Waals surface area contributed by atoms with E-state index in [1.165, 1.54) is 7.11 Å².